The van der Waals surface area contributed by atoms with E-state index in [1.807, 2.05) is 0 Å². The van der Waals surface area contributed by atoms with Gasteiger partial charge in [0.25, 0.3) is 0 Å². The molecule has 0 saturated heterocycles. The van der Waals surface area contributed by atoms with E-state index in [0.29, 0.717) is 18.3 Å². The van der Waals surface area contributed by atoms with Crippen molar-refractivity contribution in [2.75, 3.05) is 7.11 Å². The lowest BCUT2D eigenvalue weighted by Gasteiger charge is -2.30. The maximum Gasteiger partial charge on any atom is 0.309 e. The number of carboxylic acids is 1. The molecule has 0 bridgehead atoms. The van der Waals surface area contributed by atoms with Crippen molar-refractivity contribution in [3.8, 4) is 0 Å². The first-order valence-corrected chi connectivity index (χ1v) is 7.28. The average molecular weight is 270 g/mol. The average Bonchev–Trinajstić information content (AvgIpc) is 2.43. The highest BCUT2D eigenvalue weighted by Gasteiger charge is 2.34. The van der Waals surface area contributed by atoms with Crippen LogP contribution in [0.25, 0.3) is 0 Å². The molecule has 1 rings (SSSR count). The fourth-order valence-electron chi connectivity index (χ4n) is 3.17. The molecule has 0 heterocycles. The van der Waals surface area contributed by atoms with Crippen LogP contribution in [0.2, 0.25) is 0 Å². The van der Waals surface area contributed by atoms with Crippen LogP contribution in [-0.2, 0) is 14.3 Å². The van der Waals surface area contributed by atoms with Crippen molar-refractivity contribution in [1.29, 1.82) is 0 Å². The lowest BCUT2D eigenvalue weighted by molar-refractivity contribution is -0.155. The minimum atomic E-state index is -0.888. The molecule has 1 fully saturated rings. The van der Waals surface area contributed by atoms with Gasteiger partial charge in [0.15, 0.2) is 0 Å². The van der Waals surface area contributed by atoms with Gasteiger partial charge in [0, 0.05) is 0 Å². The number of hydrogen-bond donors (Lipinski definition) is 1. The van der Waals surface area contributed by atoms with E-state index in [4.69, 9.17) is 0 Å². The summed E-state index contributed by atoms with van der Waals surface area (Å²) in [5.74, 6) is -1.56. The second kappa shape index (κ2) is 7.51. The van der Waals surface area contributed by atoms with Crippen LogP contribution < -0.4 is 0 Å². The van der Waals surface area contributed by atoms with Crippen LogP contribution in [0.5, 0.6) is 0 Å². The molecular weight excluding hydrogens is 244 g/mol. The third-order valence-electron chi connectivity index (χ3n) is 4.57. The number of esters is 1. The number of methoxy groups -OCH3 is 1. The predicted molar refractivity (Wildman–Crippen MR) is 72.7 cm³/mol. The van der Waals surface area contributed by atoms with Crippen molar-refractivity contribution in [2.24, 2.45) is 23.7 Å². The first-order valence-electron chi connectivity index (χ1n) is 7.28. The minimum Gasteiger partial charge on any atom is -0.481 e. The van der Waals surface area contributed by atoms with Gasteiger partial charge >= 0.3 is 11.9 Å². The van der Waals surface area contributed by atoms with Gasteiger partial charge in [-0.2, -0.15) is 0 Å². The Morgan fingerprint density at radius 3 is 2.26 bits per heavy atom. The van der Waals surface area contributed by atoms with Gasteiger partial charge < -0.3 is 9.84 Å². The zero-order chi connectivity index (χ0) is 14.4. The molecule has 1 N–H and O–H groups in total. The largest absolute Gasteiger partial charge is 0.481 e. The molecule has 0 aromatic heterocycles. The first-order chi connectivity index (χ1) is 8.97. The maximum atomic E-state index is 11.5. The quantitative estimate of drug-likeness (QED) is 0.753. The Hall–Kier alpha value is -1.06. The molecule has 3 unspecified atom stereocenters. The monoisotopic (exact) mass is 270 g/mol. The molecule has 0 aliphatic heterocycles. The van der Waals surface area contributed by atoms with Crippen LogP contribution in [0.4, 0.5) is 0 Å². The van der Waals surface area contributed by atoms with Crippen molar-refractivity contribution in [3.63, 3.8) is 0 Å². The lowest BCUT2D eigenvalue weighted by atomic mass is 9.75. The summed E-state index contributed by atoms with van der Waals surface area (Å²) in [6.45, 7) is 3.77. The molecule has 1 aliphatic carbocycles. The summed E-state index contributed by atoms with van der Waals surface area (Å²) in [6.07, 6.45) is 6.75. The van der Waals surface area contributed by atoms with E-state index in [2.05, 4.69) is 11.7 Å². The Labute approximate surface area is 115 Å². The molecule has 0 amide bonds. The molecular formula is C15H26O4. The van der Waals surface area contributed by atoms with Gasteiger partial charge in [0.05, 0.1) is 18.9 Å². The summed E-state index contributed by atoms with van der Waals surface area (Å²) < 4.78 is 4.67. The number of hydrogen-bond acceptors (Lipinski definition) is 3. The zero-order valence-electron chi connectivity index (χ0n) is 12.2. The van der Waals surface area contributed by atoms with E-state index in [0.717, 1.165) is 0 Å². The smallest absolute Gasteiger partial charge is 0.309 e. The summed E-state index contributed by atoms with van der Waals surface area (Å²) in [6, 6.07) is 0. The van der Waals surface area contributed by atoms with E-state index in [1.165, 1.54) is 39.2 Å². The number of carbonyl (C=O) groups is 2. The molecule has 0 aromatic rings. The SMILES string of the molecule is COC(=O)C(C)C(CC(C)C1CCCCC1)C(=O)O. The van der Waals surface area contributed by atoms with E-state index in [1.54, 1.807) is 6.92 Å². The molecule has 19 heavy (non-hydrogen) atoms. The van der Waals surface area contributed by atoms with E-state index in [9.17, 15) is 14.7 Å². The predicted octanol–water partition coefficient (Wildman–Crippen LogP) is 3.10. The third kappa shape index (κ3) is 4.51. The van der Waals surface area contributed by atoms with Gasteiger partial charge in [-0.3, -0.25) is 9.59 Å². The number of ether oxygens (including phenoxy) is 1. The van der Waals surface area contributed by atoms with Gasteiger partial charge in [0.2, 0.25) is 0 Å². The van der Waals surface area contributed by atoms with E-state index < -0.39 is 23.8 Å². The van der Waals surface area contributed by atoms with Crippen LogP contribution in [0.15, 0.2) is 0 Å². The highest BCUT2D eigenvalue weighted by Crippen LogP contribution is 2.34. The van der Waals surface area contributed by atoms with E-state index in [-0.39, 0.29) is 0 Å². The van der Waals surface area contributed by atoms with Gasteiger partial charge in [0.1, 0.15) is 0 Å². The maximum absolute atomic E-state index is 11.5. The summed E-state index contributed by atoms with van der Waals surface area (Å²) >= 11 is 0. The number of rotatable bonds is 6. The molecule has 1 saturated carbocycles. The zero-order valence-corrected chi connectivity index (χ0v) is 12.2. The number of carboxylic acid groups (broad SMARTS) is 1. The molecule has 110 valence electrons. The number of carbonyl (C=O) groups excluding carboxylic acids is 1. The lowest BCUT2D eigenvalue weighted by Crippen LogP contribution is -2.31. The normalized spacial score (nSPS) is 21.4. The molecule has 3 atom stereocenters. The minimum absolute atomic E-state index is 0.355. The molecule has 0 radical (unpaired) electrons. The summed E-state index contributed by atoms with van der Waals surface area (Å²) in [5.41, 5.74) is 0. The van der Waals surface area contributed by atoms with Crippen molar-refractivity contribution < 1.29 is 19.4 Å². The second-order valence-electron chi connectivity index (χ2n) is 5.87. The molecule has 1 aliphatic rings. The number of aliphatic carboxylic acids is 1. The van der Waals surface area contributed by atoms with Crippen LogP contribution in [0, 0.1) is 23.7 Å². The van der Waals surface area contributed by atoms with Gasteiger partial charge in [-0.15, -0.1) is 0 Å². The first kappa shape index (κ1) is 16.0. The molecule has 0 aromatic carbocycles. The van der Waals surface area contributed by atoms with Crippen molar-refractivity contribution >= 4 is 11.9 Å². The summed E-state index contributed by atoms with van der Waals surface area (Å²) in [7, 11) is 1.31. The molecule has 4 nitrogen and oxygen atoms in total. The van der Waals surface area contributed by atoms with Crippen molar-refractivity contribution in [3.05, 3.63) is 0 Å². The van der Waals surface area contributed by atoms with Crippen molar-refractivity contribution in [1.82, 2.24) is 0 Å². The third-order valence-corrected chi connectivity index (χ3v) is 4.57. The second-order valence-corrected chi connectivity index (χ2v) is 5.87. The van der Waals surface area contributed by atoms with Crippen LogP contribution in [0.1, 0.15) is 52.4 Å². The fraction of sp³-hybridized carbons (Fsp3) is 0.867. The Kier molecular flexibility index (Phi) is 6.32. The Morgan fingerprint density at radius 2 is 1.79 bits per heavy atom. The molecule has 0 spiro atoms. The summed E-state index contributed by atoms with van der Waals surface area (Å²) in [4.78, 5) is 22.9. The van der Waals surface area contributed by atoms with Crippen molar-refractivity contribution in [2.45, 2.75) is 52.4 Å². The van der Waals surface area contributed by atoms with Gasteiger partial charge in [-0.25, -0.2) is 0 Å². The Morgan fingerprint density at radius 1 is 1.21 bits per heavy atom. The summed E-state index contributed by atoms with van der Waals surface area (Å²) in [5, 5.41) is 9.33. The van der Waals surface area contributed by atoms with Gasteiger partial charge in [-0.05, 0) is 18.3 Å². The van der Waals surface area contributed by atoms with Gasteiger partial charge in [-0.1, -0.05) is 46.0 Å². The topological polar surface area (TPSA) is 63.6 Å². The Balaban J connectivity index is 2.61. The van der Waals surface area contributed by atoms with Crippen LogP contribution in [0.3, 0.4) is 0 Å². The fourth-order valence-corrected chi connectivity index (χ4v) is 3.17. The van der Waals surface area contributed by atoms with Crippen LogP contribution in [-0.4, -0.2) is 24.2 Å². The van der Waals surface area contributed by atoms with E-state index >= 15 is 0 Å². The highest BCUT2D eigenvalue weighted by molar-refractivity contribution is 5.80. The molecule has 4 heteroatoms. The van der Waals surface area contributed by atoms with Crippen LogP contribution >= 0.6 is 0 Å². The standard InChI is InChI=1S/C15H26O4/c1-10(12-7-5-4-6-8-12)9-13(14(16)17)11(2)15(18)19-3/h10-13H,4-9H2,1-3H3,(H,16,17). The highest BCUT2D eigenvalue weighted by atomic mass is 16.5. The Bertz CT molecular complexity index is 307.